The van der Waals surface area contributed by atoms with Crippen LogP contribution in [0.15, 0.2) is 30.3 Å². The summed E-state index contributed by atoms with van der Waals surface area (Å²) >= 11 is 0. The maximum Gasteiger partial charge on any atom is 0.186 e. The van der Waals surface area contributed by atoms with Gasteiger partial charge in [-0.3, -0.25) is 0 Å². The Bertz CT molecular complexity index is 400. The Morgan fingerprint density at radius 3 is 2.40 bits per heavy atom. The van der Waals surface area contributed by atoms with E-state index in [-0.39, 0.29) is 24.4 Å². The van der Waals surface area contributed by atoms with Crippen LogP contribution in [0, 0.1) is 0 Å². The summed E-state index contributed by atoms with van der Waals surface area (Å²) < 4.78 is 22.4. The van der Waals surface area contributed by atoms with Crippen LogP contribution < -0.4 is 5.73 Å². The van der Waals surface area contributed by atoms with Gasteiger partial charge in [0.05, 0.1) is 18.8 Å². The third-order valence-corrected chi connectivity index (χ3v) is 3.65. The van der Waals surface area contributed by atoms with Gasteiger partial charge in [0, 0.05) is 14.2 Å². The largest absolute Gasteiger partial charge is 0.373 e. The third-order valence-electron chi connectivity index (χ3n) is 3.65. The third kappa shape index (κ3) is 3.37. The predicted molar refractivity (Wildman–Crippen MR) is 75.1 cm³/mol. The Labute approximate surface area is 120 Å². The van der Waals surface area contributed by atoms with Gasteiger partial charge in [0.15, 0.2) is 6.29 Å². The number of hydrogen-bond donors (Lipinski definition) is 1. The molecule has 2 N–H and O–H groups in total. The lowest BCUT2D eigenvalue weighted by molar-refractivity contribution is -0.275. The number of nitrogens with two attached hydrogens (primary N) is 1. The van der Waals surface area contributed by atoms with E-state index >= 15 is 0 Å². The van der Waals surface area contributed by atoms with Gasteiger partial charge in [0.1, 0.15) is 12.2 Å². The van der Waals surface area contributed by atoms with Gasteiger partial charge in [-0.25, -0.2) is 0 Å². The van der Waals surface area contributed by atoms with Crippen LogP contribution in [-0.4, -0.2) is 44.9 Å². The first kappa shape index (κ1) is 15.4. The zero-order valence-electron chi connectivity index (χ0n) is 12.2. The van der Waals surface area contributed by atoms with Crippen LogP contribution in [0.25, 0.3) is 0 Å². The minimum atomic E-state index is -0.462. The zero-order chi connectivity index (χ0) is 14.5. The molecule has 20 heavy (non-hydrogen) atoms. The van der Waals surface area contributed by atoms with E-state index in [1.54, 1.807) is 14.2 Å². The van der Waals surface area contributed by atoms with Gasteiger partial charge in [-0.05, 0) is 12.5 Å². The molecule has 0 spiro atoms. The maximum atomic E-state index is 6.18. The summed E-state index contributed by atoms with van der Waals surface area (Å²) in [4.78, 5) is 0. The molecular formula is C15H23NO4. The van der Waals surface area contributed by atoms with E-state index in [2.05, 4.69) is 0 Å². The fourth-order valence-electron chi connectivity index (χ4n) is 2.43. The number of ether oxygens (including phenoxy) is 4. The van der Waals surface area contributed by atoms with Gasteiger partial charge in [0.25, 0.3) is 0 Å². The second kappa shape index (κ2) is 7.15. The summed E-state index contributed by atoms with van der Waals surface area (Å²) in [6.07, 6.45) is -1.22. The smallest absolute Gasteiger partial charge is 0.186 e. The average Bonchev–Trinajstić information content (AvgIpc) is 2.49. The minimum absolute atomic E-state index is 0.146. The second-order valence-electron chi connectivity index (χ2n) is 4.98. The summed E-state index contributed by atoms with van der Waals surface area (Å²) in [7, 11) is 3.20. The zero-order valence-corrected chi connectivity index (χ0v) is 12.2. The number of methoxy groups -OCH3 is 2. The van der Waals surface area contributed by atoms with Crippen LogP contribution >= 0.6 is 0 Å². The molecule has 1 aliphatic rings. The Morgan fingerprint density at radius 2 is 1.80 bits per heavy atom. The average molecular weight is 281 g/mol. The number of rotatable bonds is 5. The summed E-state index contributed by atoms with van der Waals surface area (Å²) in [6.45, 7) is 2.41. The lowest BCUT2D eigenvalue weighted by Gasteiger charge is -2.43. The van der Waals surface area contributed by atoms with Crippen molar-refractivity contribution in [3.63, 3.8) is 0 Å². The molecule has 0 saturated carbocycles. The Kier molecular flexibility index (Phi) is 5.51. The summed E-state index contributed by atoms with van der Waals surface area (Å²) in [5, 5.41) is 0. The molecule has 5 atom stereocenters. The van der Waals surface area contributed by atoms with E-state index < -0.39 is 6.29 Å². The summed E-state index contributed by atoms with van der Waals surface area (Å²) in [5.74, 6) is 0. The lowest BCUT2D eigenvalue weighted by atomic mass is 9.97. The molecule has 0 bridgehead atoms. The molecule has 5 nitrogen and oxygen atoms in total. The Morgan fingerprint density at radius 1 is 1.10 bits per heavy atom. The van der Waals surface area contributed by atoms with E-state index in [9.17, 15) is 0 Å². The van der Waals surface area contributed by atoms with Crippen molar-refractivity contribution in [2.24, 2.45) is 5.73 Å². The van der Waals surface area contributed by atoms with Gasteiger partial charge >= 0.3 is 0 Å². The minimum Gasteiger partial charge on any atom is -0.373 e. The fourth-order valence-corrected chi connectivity index (χ4v) is 2.43. The summed E-state index contributed by atoms with van der Waals surface area (Å²) in [5.41, 5.74) is 7.28. The SMILES string of the molecule is CO[C@H]1O[C@H](C)[C@@H](N)[C@H](OCc2ccccc2)[C@@H]1OC. The molecule has 0 unspecified atom stereocenters. The van der Waals surface area contributed by atoms with Gasteiger partial charge in [-0.1, -0.05) is 30.3 Å². The van der Waals surface area contributed by atoms with E-state index in [1.807, 2.05) is 37.3 Å². The van der Waals surface area contributed by atoms with E-state index in [1.165, 1.54) is 0 Å². The molecule has 5 heteroatoms. The number of benzene rings is 1. The maximum absolute atomic E-state index is 6.18. The second-order valence-corrected chi connectivity index (χ2v) is 4.98. The lowest BCUT2D eigenvalue weighted by Crippen LogP contribution is -2.62. The highest BCUT2D eigenvalue weighted by atomic mass is 16.7. The molecule has 0 aliphatic carbocycles. The molecule has 0 aromatic heterocycles. The molecule has 0 amide bonds. The first-order valence-electron chi connectivity index (χ1n) is 6.79. The fraction of sp³-hybridized carbons (Fsp3) is 0.600. The highest BCUT2D eigenvalue weighted by molar-refractivity contribution is 5.13. The monoisotopic (exact) mass is 281 g/mol. The van der Waals surface area contributed by atoms with Crippen LogP contribution in [0.3, 0.4) is 0 Å². The van der Waals surface area contributed by atoms with E-state index in [0.717, 1.165) is 5.56 Å². The van der Waals surface area contributed by atoms with Crippen molar-refractivity contribution in [1.29, 1.82) is 0 Å². The molecular weight excluding hydrogens is 258 g/mol. The van der Waals surface area contributed by atoms with Crippen molar-refractivity contribution in [2.45, 2.75) is 44.2 Å². The van der Waals surface area contributed by atoms with E-state index in [4.69, 9.17) is 24.7 Å². The quantitative estimate of drug-likeness (QED) is 0.881. The van der Waals surface area contributed by atoms with Crippen molar-refractivity contribution in [1.82, 2.24) is 0 Å². The molecule has 1 heterocycles. The predicted octanol–water partition coefficient (Wildman–Crippen LogP) is 1.31. The molecule has 1 saturated heterocycles. The number of hydrogen-bond acceptors (Lipinski definition) is 5. The standard InChI is InChI=1S/C15H23NO4/c1-10-12(16)13(14(17-2)15(18-3)20-10)19-9-11-7-5-4-6-8-11/h4-8,10,12-15H,9,16H2,1-3H3/t10-,12-,13+,14+,15+/m1/s1. The highest BCUT2D eigenvalue weighted by Crippen LogP contribution is 2.25. The normalized spacial score (nSPS) is 34.1. The highest BCUT2D eigenvalue weighted by Gasteiger charge is 2.44. The van der Waals surface area contributed by atoms with Crippen molar-refractivity contribution < 1.29 is 18.9 Å². The van der Waals surface area contributed by atoms with Crippen LogP contribution in [0.1, 0.15) is 12.5 Å². The van der Waals surface area contributed by atoms with Crippen LogP contribution in [0.2, 0.25) is 0 Å². The first-order chi connectivity index (χ1) is 9.67. The van der Waals surface area contributed by atoms with Gasteiger partial charge in [0.2, 0.25) is 0 Å². The molecule has 112 valence electrons. The van der Waals surface area contributed by atoms with Crippen molar-refractivity contribution in [2.75, 3.05) is 14.2 Å². The van der Waals surface area contributed by atoms with E-state index in [0.29, 0.717) is 6.61 Å². The van der Waals surface area contributed by atoms with Gasteiger partial charge in [-0.2, -0.15) is 0 Å². The van der Waals surface area contributed by atoms with Gasteiger partial charge < -0.3 is 24.7 Å². The van der Waals surface area contributed by atoms with Crippen LogP contribution in [-0.2, 0) is 25.6 Å². The molecule has 2 rings (SSSR count). The molecule has 1 aromatic rings. The Hall–Kier alpha value is -0.980. The Balaban J connectivity index is 2.05. The molecule has 1 aliphatic heterocycles. The van der Waals surface area contributed by atoms with Crippen molar-refractivity contribution in [3.05, 3.63) is 35.9 Å². The summed E-state index contributed by atoms with van der Waals surface area (Å²) in [6, 6.07) is 9.72. The van der Waals surface area contributed by atoms with Gasteiger partial charge in [-0.15, -0.1) is 0 Å². The first-order valence-corrected chi connectivity index (χ1v) is 6.79. The molecule has 1 aromatic carbocycles. The van der Waals surface area contributed by atoms with Crippen LogP contribution in [0.5, 0.6) is 0 Å². The van der Waals surface area contributed by atoms with Crippen molar-refractivity contribution >= 4 is 0 Å². The topological polar surface area (TPSA) is 62.9 Å². The molecule has 1 fully saturated rings. The van der Waals surface area contributed by atoms with Crippen molar-refractivity contribution in [3.8, 4) is 0 Å². The van der Waals surface area contributed by atoms with Crippen LogP contribution in [0.4, 0.5) is 0 Å². The molecule has 0 radical (unpaired) electrons.